The highest BCUT2D eigenvalue weighted by Gasteiger charge is 2.51. The average molecular weight is 376 g/mol. The fourth-order valence-corrected chi connectivity index (χ4v) is 6.69. The van der Waals surface area contributed by atoms with E-state index in [0.717, 1.165) is 19.3 Å². The lowest BCUT2D eigenvalue weighted by molar-refractivity contribution is -0.123. The summed E-state index contributed by atoms with van der Waals surface area (Å²) in [6, 6.07) is 6.32. The number of amides is 1. The molecule has 0 radical (unpaired) electrons. The van der Waals surface area contributed by atoms with E-state index in [2.05, 4.69) is 37.4 Å². The van der Waals surface area contributed by atoms with Crippen molar-refractivity contribution in [2.24, 2.45) is 0 Å². The van der Waals surface area contributed by atoms with Crippen molar-refractivity contribution >= 4 is 15.7 Å². The minimum atomic E-state index is -3.43. The zero-order valence-corrected chi connectivity index (χ0v) is 16.9. The number of rotatable bonds is 4. The van der Waals surface area contributed by atoms with Gasteiger partial charge in [-0.2, -0.15) is 0 Å². The molecule has 26 heavy (non-hydrogen) atoms. The van der Waals surface area contributed by atoms with E-state index in [4.69, 9.17) is 0 Å². The molecular formula is C21H29NO3S. The molecule has 2 unspecified atom stereocenters. The highest BCUT2D eigenvalue weighted by molar-refractivity contribution is 7.94. The van der Waals surface area contributed by atoms with Gasteiger partial charge in [0.05, 0.1) is 11.3 Å². The molecule has 142 valence electrons. The molecule has 4 nitrogen and oxygen atoms in total. The molecule has 1 N–H and O–H groups in total. The Morgan fingerprint density at radius 3 is 2.54 bits per heavy atom. The summed E-state index contributed by atoms with van der Waals surface area (Å²) < 4.78 is 24.0. The summed E-state index contributed by atoms with van der Waals surface area (Å²) >= 11 is 0. The van der Waals surface area contributed by atoms with Crippen LogP contribution in [0.5, 0.6) is 0 Å². The van der Waals surface area contributed by atoms with Crippen molar-refractivity contribution < 1.29 is 13.2 Å². The smallest absolute Gasteiger partial charge is 0.241 e. The summed E-state index contributed by atoms with van der Waals surface area (Å²) in [5.74, 6) is 0.118. The van der Waals surface area contributed by atoms with Crippen molar-refractivity contribution in [3.63, 3.8) is 0 Å². The van der Waals surface area contributed by atoms with E-state index in [1.165, 1.54) is 16.7 Å². The van der Waals surface area contributed by atoms with E-state index < -0.39 is 14.6 Å². The van der Waals surface area contributed by atoms with Crippen molar-refractivity contribution in [1.82, 2.24) is 5.32 Å². The Balaban J connectivity index is 1.62. The van der Waals surface area contributed by atoms with Gasteiger partial charge in [-0.05, 0) is 74.0 Å². The topological polar surface area (TPSA) is 63.2 Å². The summed E-state index contributed by atoms with van der Waals surface area (Å²) in [5.41, 5.74) is 4.15. The van der Waals surface area contributed by atoms with Gasteiger partial charge >= 0.3 is 0 Å². The lowest BCUT2D eigenvalue weighted by atomic mass is 9.69. The van der Waals surface area contributed by atoms with Crippen LogP contribution in [0.15, 0.2) is 18.2 Å². The van der Waals surface area contributed by atoms with Crippen LogP contribution in [-0.2, 0) is 20.0 Å². The molecule has 2 atom stereocenters. The number of hydrogen-bond donors (Lipinski definition) is 1. The zero-order chi connectivity index (χ0) is 18.9. The molecule has 1 amide bonds. The minimum Gasteiger partial charge on any atom is -0.348 e. The third-order valence-corrected chi connectivity index (χ3v) is 9.77. The number of nitrogens with one attached hydrogen (secondary N) is 1. The highest BCUT2D eigenvalue weighted by Crippen LogP contribution is 2.52. The highest BCUT2D eigenvalue weighted by atomic mass is 32.2. The van der Waals surface area contributed by atoms with Crippen LogP contribution in [0.1, 0.15) is 88.4 Å². The standard InChI is InChI=1S/C21H29NO3S/c1-20(2)11-10-13-12-17(15-6-5-7-16(20)18(13)15)22-19(23)21(3,4)26(24,25)14-8-9-14/h5-7,13-14,17H,8-12H2,1-4H3,(H,22,23). The van der Waals surface area contributed by atoms with Gasteiger partial charge in [0, 0.05) is 0 Å². The normalized spacial score (nSPS) is 27.1. The van der Waals surface area contributed by atoms with E-state index in [1.54, 1.807) is 13.8 Å². The molecule has 5 heteroatoms. The third-order valence-electron chi connectivity index (χ3n) is 6.82. The predicted molar refractivity (Wildman–Crippen MR) is 103 cm³/mol. The maximum atomic E-state index is 12.9. The van der Waals surface area contributed by atoms with Crippen LogP contribution in [0.2, 0.25) is 0 Å². The largest absolute Gasteiger partial charge is 0.348 e. The molecule has 3 aliphatic carbocycles. The van der Waals surface area contributed by atoms with E-state index in [0.29, 0.717) is 18.8 Å². The molecule has 0 heterocycles. The maximum absolute atomic E-state index is 12.9. The first kappa shape index (κ1) is 18.0. The van der Waals surface area contributed by atoms with E-state index in [-0.39, 0.29) is 22.6 Å². The van der Waals surface area contributed by atoms with Gasteiger partial charge in [0.25, 0.3) is 0 Å². The van der Waals surface area contributed by atoms with Crippen LogP contribution >= 0.6 is 0 Å². The summed E-state index contributed by atoms with van der Waals surface area (Å²) in [6.07, 6.45) is 4.54. The second-order valence-electron chi connectivity index (χ2n) is 9.44. The van der Waals surface area contributed by atoms with Gasteiger partial charge in [-0.25, -0.2) is 8.42 Å². The molecule has 0 bridgehead atoms. The van der Waals surface area contributed by atoms with Crippen molar-refractivity contribution in [1.29, 1.82) is 0 Å². The van der Waals surface area contributed by atoms with Crippen molar-refractivity contribution in [3.8, 4) is 0 Å². The van der Waals surface area contributed by atoms with Gasteiger partial charge in [0.1, 0.15) is 4.75 Å². The van der Waals surface area contributed by atoms with Gasteiger partial charge in [-0.15, -0.1) is 0 Å². The predicted octanol–water partition coefficient (Wildman–Crippen LogP) is 3.76. The van der Waals surface area contributed by atoms with Crippen LogP contribution in [0.25, 0.3) is 0 Å². The average Bonchev–Trinajstić information content (AvgIpc) is 3.36. The Hall–Kier alpha value is -1.36. The molecule has 0 spiro atoms. The maximum Gasteiger partial charge on any atom is 0.241 e. The minimum absolute atomic E-state index is 0.0787. The summed E-state index contributed by atoms with van der Waals surface area (Å²) in [7, 11) is -3.43. The number of sulfone groups is 1. The lowest BCUT2D eigenvalue weighted by Crippen LogP contribution is -2.50. The Kier molecular flexibility index (Phi) is 3.86. The molecule has 4 rings (SSSR count). The first-order valence-electron chi connectivity index (χ1n) is 9.73. The third kappa shape index (κ3) is 2.54. The molecule has 1 aromatic carbocycles. The van der Waals surface area contributed by atoms with Crippen molar-refractivity contribution in [3.05, 3.63) is 34.9 Å². The summed E-state index contributed by atoms with van der Waals surface area (Å²) in [4.78, 5) is 12.9. The molecule has 3 aliphatic rings. The molecule has 0 saturated heterocycles. The van der Waals surface area contributed by atoms with E-state index >= 15 is 0 Å². The quantitative estimate of drug-likeness (QED) is 0.871. The molecule has 1 fully saturated rings. The first-order chi connectivity index (χ1) is 12.1. The monoisotopic (exact) mass is 375 g/mol. The fourth-order valence-electron chi connectivity index (χ4n) is 4.79. The van der Waals surface area contributed by atoms with Gasteiger partial charge in [-0.3, -0.25) is 4.79 Å². The van der Waals surface area contributed by atoms with Crippen LogP contribution in [0, 0.1) is 0 Å². The number of benzene rings is 1. The lowest BCUT2D eigenvalue weighted by Gasteiger charge is -2.35. The molecule has 1 saturated carbocycles. The van der Waals surface area contributed by atoms with Crippen LogP contribution in [0.3, 0.4) is 0 Å². The molecule has 0 aromatic heterocycles. The Morgan fingerprint density at radius 1 is 1.19 bits per heavy atom. The number of carbonyl (C=O) groups excluding carboxylic acids is 1. The Bertz CT molecular complexity index is 865. The molecular weight excluding hydrogens is 346 g/mol. The van der Waals surface area contributed by atoms with E-state index in [9.17, 15) is 13.2 Å². The molecule has 0 aliphatic heterocycles. The van der Waals surface area contributed by atoms with Crippen LogP contribution < -0.4 is 5.32 Å². The van der Waals surface area contributed by atoms with Gasteiger partial charge < -0.3 is 5.32 Å². The Labute approximate surface area is 156 Å². The fraction of sp³-hybridized carbons (Fsp3) is 0.667. The van der Waals surface area contributed by atoms with Crippen molar-refractivity contribution in [2.75, 3.05) is 0 Å². The number of hydrogen-bond acceptors (Lipinski definition) is 3. The second kappa shape index (κ2) is 5.57. The number of carbonyl (C=O) groups is 1. The van der Waals surface area contributed by atoms with Crippen molar-refractivity contribution in [2.45, 2.75) is 87.2 Å². The SMILES string of the molecule is CC1(C)CCC2CC(NC(=O)C(C)(C)S(=O)(=O)C3CC3)c3cccc1c32. The van der Waals surface area contributed by atoms with E-state index in [1.807, 2.05) is 0 Å². The zero-order valence-electron chi connectivity index (χ0n) is 16.1. The molecule has 1 aromatic rings. The van der Waals surface area contributed by atoms with Gasteiger partial charge in [0.15, 0.2) is 9.84 Å². The van der Waals surface area contributed by atoms with Crippen LogP contribution in [0.4, 0.5) is 0 Å². The van der Waals surface area contributed by atoms with Gasteiger partial charge in [0.2, 0.25) is 5.91 Å². The summed E-state index contributed by atoms with van der Waals surface area (Å²) in [5, 5.41) is 2.76. The van der Waals surface area contributed by atoms with Gasteiger partial charge in [-0.1, -0.05) is 32.0 Å². The van der Waals surface area contributed by atoms with Crippen LogP contribution in [-0.4, -0.2) is 24.3 Å². The Morgan fingerprint density at radius 2 is 1.88 bits per heavy atom. The first-order valence-corrected chi connectivity index (χ1v) is 11.3. The summed E-state index contributed by atoms with van der Waals surface area (Å²) in [6.45, 7) is 7.69. The second-order valence-corrected chi connectivity index (χ2v) is 12.2.